The predicted molar refractivity (Wildman–Crippen MR) is 90.4 cm³/mol. The zero-order valence-corrected chi connectivity index (χ0v) is 14.0. The molecule has 1 aliphatic rings. The number of benzene rings is 1. The molecule has 0 aliphatic heterocycles. The molecule has 3 heteroatoms. The van der Waals surface area contributed by atoms with Gasteiger partial charge < -0.3 is 5.73 Å². The van der Waals surface area contributed by atoms with Crippen LogP contribution in [0.5, 0.6) is 0 Å². The lowest BCUT2D eigenvalue weighted by atomic mass is 9.73. The van der Waals surface area contributed by atoms with Gasteiger partial charge in [-0.2, -0.15) is 0 Å². The average Bonchev–Trinajstić information content (AvgIpc) is 2.89. The third-order valence-electron chi connectivity index (χ3n) is 4.63. The van der Waals surface area contributed by atoms with Crippen LogP contribution in [0.15, 0.2) is 24.3 Å². The number of nitrogens with two attached hydrogens (primary N) is 1. The lowest BCUT2D eigenvalue weighted by Crippen LogP contribution is -2.26. The van der Waals surface area contributed by atoms with E-state index in [2.05, 4.69) is 45.0 Å². The number of aryl methyl sites for hydroxylation is 1. The van der Waals surface area contributed by atoms with Crippen molar-refractivity contribution in [1.82, 2.24) is 4.98 Å². The first-order valence-electron chi connectivity index (χ1n) is 7.76. The van der Waals surface area contributed by atoms with Gasteiger partial charge in [0.25, 0.3) is 0 Å². The van der Waals surface area contributed by atoms with E-state index < -0.39 is 0 Å². The summed E-state index contributed by atoms with van der Waals surface area (Å²) in [6.45, 7) is 7.64. The number of hydrogen-bond donors (Lipinski definition) is 1. The number of thiazole rings is 1. The Morgan fingerprint density at radius 1 is 1.29 bits per heavy atom. The third kappa shape index (κ3) is 2.90. The quantitative estimate of drug-likeness (QED) is 0.891. The summed E-state index contributed by atoms with van der Waals surface area (Å²) in [5.74, 6) is 0.767. The second-order valence-corrected chi connectivity index (χ2v) is 8.14. The molecule has 1 aliphatic carbocycles. The molecule has 0 amide bonds. The summed E-state index contributed by atoms with van der Waals surface area (Å²) < 4.78 is 0. The molecular formula is C18H24N2S. The van der Waals surface area contributed by atoms with Gasteiger partial charge in [0.15, 0.2) is 0 Å². The Labute approximate surface area is 131 Å². The van der Waals surface area contributed by atoms with Crippen LogP contribution in [0.2, 0.25) is 0 Å². The topological polar surface area (TPSA) is 38.9 Å². The highest BCUT2D eigenvalue weighted by molar-refractivity contribution is 7.15. The van der Waals surface area contributed by atoms with Crippen molar-refractivity contribution in [2.75, 3.05) is 0 Å². The molecule has 21 heavy (non-hydrogen) atoms. The van der Waals surface area contributed by atoms with Crippen molar-refractivity contribution in [3.05, 3.63) is 40.4 Å². The lowest BCUT2D eigenvalue weighted by molar-refractivity contribution is 0.217. The SMILES string of the molecule is CC(C)(C)C1CCc2nc(-c3ccccc3CN)sc2C1. The van der Waals surface area contributed by atoms with E-state index in [9.17, 15) is 0 Å². The number of hydrogen-bond acceptors (Lipinski definition) is 3. The largest absolute Gasteiger partial charge is 0.326 e. The number of nitrogens with zero attached hydrogens (tertiary/aromatic N) is 1. The van der Waals surface area contributed by atoms with Gasteiger partial charge in [-0.05, 0) is 36.2 Å². The predicted octanol–water partition coefficient (Wildman–Crippen LogP) is 4.42. The van der Waals surface area contributed by atoms with Crippen LogP contribution in [-0.2, 0) is 19.4 Å². The minimum Gasteiger partial charge on any atom is -0.326 e. The van der Waals surface area contributed by atoms with Gasteiger partial charge in [0.1, 0.15) is 5.01 Å². The zero-order chi connectivity index (χ0) is 15.0. The highest BCUT2D eigenvalue weighted by atomic mass is 32.1. The van der Waals surface area contributed by atoms with E-state index in [1.807, 2.05) is 11.3 Å². The maximum absolute atomic E-state index is 5.87. The van der Waals surface area contributed by atoms with E-state index in [4.69, 9.17) is 10.7 Å². The van der Waals surface area contributed by atoms with Crippen LogP contribution in [0.3, 0.4) is 0 Å². The molecule has 0 fully saturated rings. The van der Waals surface area contributed by atoms with E-state index in [1.54, 1.807) is 0 Å². The first-order valence-corrected chi connectivity index (χ1v) is 8.57. The van der Waals surface area contributed by atoms with Gasteiger partial charge >= 0.3 is 0 Å². The highest BCUT2D eigenvalue weighted by Crippen LogP contribution is 2.41. The molecule has 1 unspecified atom stereocenters. The van der Waals surface area contributed by atoms with Crippen LogP contribution in [0, 0.1) is 11.3 Å². The molecule has 0 spiro atoms. The molecule has 1 heterocycles. The Balaban J connectivity index is 1.94. The Morgan fingerprint density at radius 2 is 2.05 bits per heavy atom. The molecule has 2 nitrogen and oxygen atoms in total. The van der Waals surface area contributed by atoms with Crippen LogP contribution in [0.4, 0.5) is 0 Å². The monoisotopic (exact) mass is 300 g/mol. The van der Waals surface area contributed by atoms with Gasteiger partial charge in [0, 0.05) is 17.0 Å². The van der Waals surface area contributed by atoms with Gasteiger partial charge in [-0.15, -0.1) is 11.3 Å². The van der Waals surface area contributed by atoms with Crippen LogP contribution in [0.25, 0.3) is 10.6 Å². The Kier molecular flexibility index (Phi) is 3.89. The second kappa shape index (κ2) is 5.54. The molecule has 0 radical (unpaired) electrons. The zero-order valence-electron chi connectivity index (χ0n) is 13.1. The van der Waals surface area contributed by atoms with E-state index in [0.29, 0.717) is 12.0 Å². The Bertz CT molecular complexity index is 637. The van der Waals surface area contributed by atoms with Crippen molar-refractivity contribution in [1.29, 1.82) is 0 Å². The van der Waals surface area contributed by atoms with Crippen LogP contribution in [-0.4, -0.2) is 4.98 Å². The second-order valence-electron chi connectivity index (χ2n) is 7.06. The first kappa shape index (κ1) is 14.7. The van der Waals surface area contributed by atoms with Crippen molar-refractivity contribution in [3.8, 4) is 10.6 Å². The molecule has 1 aromatic carbocycles. The van der Waals surface area contributed by atoms with Gasteiger partial charge in [0.2, 0.25) is 0 Å². The summed E-state index contributed by atoms with van der Waals surface area (Å²) in [6.07, 6.45) is 3.57. The van der Waals surface area contributed by atoms with Crippen molar-refractivity contribution in [3.63, 3.8) is 0 Å². The van der Waals surface area contributed by atoms with Crippen molar-refractivity contribution < 1.29 is 0 Å². The van der Waals surface area contributed by atoms with Crippen molar-refractivity contribution in [2.45, 2.75) is 46.6 Å². The molecule has 1 aromatic heterocycles. The van der Waals surface area contributed by atoms with Crippen molar-refractivity contribution in [2.24, 2.45) is 17.1 Å². The molecule has 0 saturated carbocycles. The summed E-state index contributed by atoms with van der Waals surface area (Å²) in [6, 6.07) is 8.38. The fraction of sp³-hybridized carbons (Fsp3) is 0.500. The van der Waals surface area contributed by atoms with E-state index in [0.717, 1.165) is 17.3 Å². The third-order valence-corrected chi connectivity index (χ3v) is 5.79. The first-order chi connectivity index (χ1) is 9.99. The number of fused-ring (bicyclic) bond motifs is 1. The minimum atomic E-state index is 0.386. The van der Waals surface area contributed by atoms with Crippen LogP contribution < -0.4 is 5.73 Å². The molecular weight excluding hydrogens is 276 g/mol. The lowest BCUT2D eigenvalue weighted by Gasteiger charge is -2.33. The van der Waals surface area contributed by atoms with Gasteiger partial charge in [0.05, 0.1) is 5.69 Å². The van der Waals surface area contributed by atoms with E-state index in [1.165, 1.54) is 34.5 Å². The fourth-order valence-electron chi connectivity index (χ4n) is 3.14. The molecule has 112 valence electrons. The molecule has 3 rings (SSSR count). The maximum atomic E-state index is 5.87. The van der Waals surface area contributed by atoms with E-state index >= 15 is 0 Å². The average molecular weight is 300 g/mol. The van der Waals surface area contributed by atoms with Crippen molar-refractivity contribution >= 4 is 11.3 Å². The summed E-state index contributed by atoms with van der Waals surface area (Å²) in [7, 11) is 0. The molecule has 1 atom stereocenters. The van der Waals surface area contributed by atoms with Gasteiger partial charge in [-0.25, -0.2) is 4.98 Å². The summed E-state index contributed by atoms with van der Waals surface area (Å²) >= 11 is 1.87. The fourth-order valence-corrected chi connectivity index (χ4v) is 4.38. The van der Waals surface area contributed by atoms with Crippen LogP contribution >= 0.6 is 11.3 Å². The minimum absolute atomic E-state index is 0.386. The Morgan fingerprint density at radius 3 is 2.76 bits per heavy atom. The smallest absolute Gasteiger partial charge is 0.124 e. The molecule has 2 aromatic rings. The summed E-state index contributed by atoms with van der Waals surface area (Å²) in [4.78, 5) is 6.40. The van der Waals surface area contributed by atoms with Crippen LogP contribution in [0.1, 0.15) is 43.3 Å². The summed E-state index contributed by atoms with van der Waals surface area (Å²) in [5, 5.41) is 1.15. The summed E-state index contributed by atoms with van der Waals surface area (Å²) in [5.41, 5.74) is 9.98. The molecule has 0 saturated heterocycles. The van der Waals surface area contributed by atoms with E-state index in [-0.39, 0.29) is 0 Å². The number of aromatic nitrogens is 1. The molecule has 2 N–H and O–H groups in total. The standard InChI is InChI=1S/C18H24N2S/c1-18(2,3)13-8-9-15-16(10-13)21-17(20-15)14-7-5-4-6-12(14)11-19/h4-7,13H,8-11,19H2,1-3H3. The van der Waals surface area contributed by atoms with Gasteiger partial charge in [-0.3, -0.25) is 0 Å². The van der Waals surface area contributed by atoms with Gasteiger partial charge in [-0.1, -0.05) is 45.0 Å². The Hall–Kier alpha value is -1.19. The highest BCUT2D eigenvalue weighted by Gasteiger charge is 2.30. The normalized spacial score (nSPS) is 18.6. The molecule has 0 bridgehead atoms. The number of rotatable bonds is 2. The maximum Gasteiger partial charge on any atom is 0.124 e.